The van der Waals surface area contributed by atoms with Crippen molar-refractivity contribution in [2.24, 2.45) is 0 Å². The van der Waals surface area contributed by atoms with Crippen LogP contribution in [0.4, 0.5) is 0 Å². The molecule has 0 aromatic carbocycles. The molecular formula is C13H23NO. The third kappa shape index (κ3) is 2.36. The molecule has 0 amide bonds. The van der Waals surface area contributed by atoms with E-state index in [2.05, 4.69) is 5.32 Å². The van der Waals surface area contributed by atoms with Crippen LogP contribution in [0.3, 0.4) is 0 Å². The fourth-order valence-corrected chi connectivity index (χ4v) is 3.22. The smallest absolute Gasteiger partial charge is 0.0687 e. The molecule has 1 unspecified atom stereocenters. The molecule has 1 spiro atoms. The van der Waals surface area contributed by atoms with Gasteiger partial charge in [0.1, 0.15) is 0 Å². The number of ether oxygens (including phenoxy) is 1. The third-order valence-corrected chi connectivity index (χ3v) is 4.33. The number of rotatable bonds is 4. The maximum atomic E-state index is 6.27. The zero-order valence-electron chi connectivity index (χ0n) is 9.63. The van der Waals surface area contributed by atoms with Crippen LogP contribution in [0.2, 0.25) is 0 Å². The first-order valence-electron chi connectivity index (χ1n) is 6.78. The molecule has 2 aliphatic carbocycles. The van der Waals surface area contributed by atoms with Crippen LogP contribution in [-0.2, 0) is 4.74 Å². The van der Waals surface area contributed by atoms with Gasteiger partial charge in [-0.1, -0.05) is 12.8 Å². The monoisotopic (exact) mass is 209 g/mol. The van der Waals surface area contributed by atoms with Crippen LogP contribution >= 0.6 is 0 Å². The maximum Gasteiger partial charge on any atom is 0.0687 e. The second-order valence-corrected chi connectivity index (χ2v) is 5.69. The molecule has 86 valence electrons. The van der Waals surface area contributed by atoms with Crippen molar-refractivity contribution in [3.63, 3.8) is 0 Å². The van der Waals surface area contributed by atoms with E-state index in [1.165, 1.54) is 64.3 Å². The van der Waals surface area contributed by atoms with E-state index in [1.54, 1.807) is 0 Å². The first kappa shape index (κ1) is 10.1. The SMILES string of the molecule is C1CCC2(C1)CCC(CCNC1CC1)O2. The highest BCUT2D eigenvalue weighted by atomic mass is 16.5. The molecule has 0 bridgehead atoms. The predicted octanol–water partition coefficient (Wildman–Crippen LogP) is 2.62. The van der Waals surface area contributed by atoms with E-state index in [-0.39, 0.29) is 0 Å². The number of hydrogen-bond donors (Lipinski definition) is 1. The van der Waals surface area contributed by atoms with Gasteiger partial charge in [-0.05, 0) is 51.5 Å². The van der Waals surface area contributed by atoms with Gasteiger partial charge in [0, 0.05) is 6.04 Å². The average Bonchev–Trinajstić information content (AvgIpc) is 2.82. The molecule has 2 nitrogen and oxygen atoms in total. The van der Waals surface area contributed by atoms with Gasteiger partial charge in [0.2, 0.25) is 0 Å². The van der Waals surface area contributed by atoms with Crippen molar-refractivity contribution < 1.29 is 4.74 Å². The quantitative estimate of drug-likeness (QED) is 0.768. The summed E-state index contributed by atoms with van der Waals surface area (Å²) in [5.41, 5.74) is 0.338. The molecule has 0 aromatic heterocycles. The molecule has 3 rings (SSSR count). The van der Waals surface area contributed by atoms with Gasteiger partial charge < -0.3 is 10.1 Å². The third-order valence-electron chi connectivity index (χ3n) is 4.33. The summed E-state index contributed by atoms with van der Waals surface area (Å²) in [6.07, 6.45) is 12.7. The minimum Gasteiger partial charge on any atom is -0.372 e. The molecule has 1 atom stereocenters. The van der Waals surface area contributed by atoms with Crippen LogP contribution in [0.5, 0.6) is 0 Å². The molecule has 3 fully saturated rings. The summed E-state index contributed by atoms with van der Waals surface area (Å²) in [5.74, 6) is 0. The summed E-state index contributed by atoms with van der Waals surface area (Å²) in [6.45, 7) is 1.17. The highest BCUT2D eigenvalue weighted by Crippen LogP contribution is 2.43. The molecule has 3 aliphatic rings. The van der Waals surface area contributed by atoms with Gasteiger partial charge >= 0.3 is 0 Å². The normalized spacial score (nSPS) is 34.0. The predicted molar refractivity (Wildman–Crippen MR) is 60.9 cm³/mol. The Morgan fingerprint density at radius 3 is 2.60 bits per heavy atom. The van der Waals surface area contributed by atoms with Gasteiger partial charge in [-0.15, -0.1) is 0 Å². The Balaban J connectivity index is 1.40. The number of nitrogens with one attached hydrogen (secondary N) is 1. The molecule has 2 saturated carbocycles. The van der Waals surface area contributed by atoms with Crippen LogP contribution in [0.25, 0.3) is 0 Å². The number of hydrogen-bond acceptors (Lipinski definition) is 2. The summed E-state index contributed by atoms with van der Waals surface area (Å²) < 4.78 is 6.27. The van der Waals surface area contributed by atoms with Gasteiger partial charge in [0.05, 0.1) is 11.7 Å². The van der Waals surface area contributed by atoms with E-state index in [1.807, 2.05) is 0 Å². The Morgan fingerprint density at radius 2 is 1.87 bits per heavy atom. The van der Waals surface area contributed by atoms with Gasteiger partial charge in [0.15, 0.2) is 0 Å². The lowest BCUT2D eigenvalue weighted by molar-refractivity contribution is -0.0384. The Bertz CT molecular complexity index is 219. The molecule has 1 heterocycles. The van der Waals surface area contributed by atoms with E-state index in [9.17, 15) is 0 Å². The summed E-state index contributed by atoms with van der Waals surface area (Å²) in [6, 6.07) is 0.854. The molecule has 15 heavy (non-hydrogen) atoms. The Hall–Kier alpha value is -0.0800. The lowest BCUT2D eigenvalue weighted by atomic mass is 9.98. The second-order valence-electron chi connectivity index (χ2n) is 5.69. The van der Waals surface area contributed by atoms with Crippen molar-refractivity contribution in [1.29, 1.82) is 0 Å². The lowest BCUT2D eigenvalue weighted by Crippen LogP contribution is -2.27. The molecule has 1 aliphatic heterocycles. The molecular weight excluding hydrogens is 186 g/mol. The van der Waals surface area contributed by atoms with Crippen molar-refractivity contribution in [3.8, 4) is 0 Å². The first-order chi connectivity index (χ1) is 7.36. The summed E-state index contributed by atoms with van der Waals surface area (Å²) in [7, 11) is 0. The molecule has 2 heteroatoms. The van der Waals surface area contributed by atoms with Crippen LogP contribution in [0, 0.1) is 0 Å². The zero-order valence-corrected chi connectivity index (χ0v) is 9.63. The van der Waals surface area contributed by atoms with Gasteiger partial charge in [-0.3, -0.25) is 0 Å². The molecule has 1 N–H and O–H groups in total. The van der Waals surface area contributed by atoms with Gasteiger partial charge in [-0.2, -0.15) is 0 Å². The van der Waals surface area contributed by atoms with Crippen molar-refractivity contribution in [2.75, 3.05) is 6.54 Å². The van der Waals surface area contributed by atoms with Crippen molar-refractivity contribution in [3.05, 3.63) is 0 Å². The van der Waals surface area contributed by atoms with Gasteiger partial charge in [-0.25, -0.2) is 0 Å². The Morgan fingerprint density at radius 1 is 1.07 bits per heavy atom. The van der Waals surface area contributed by atoms with E-state index in [0.29, 0.717) is 11.7 Å². The average molecular weight is 209 g/mol. The van der Waals surface area contributed by atoms with Crippen molar-refractivity contribution >= 4 is 0 Å². The van der Waals surface area contributed by atoms with E-state index in [4.69, 9.17) is 4.74 Å². The van der Waals surface area contributed by atoms with Crippen LogP contribution < -0.4 is 5.32 Å². The lowest BCUT2D eigenvalue weighted by Gasteiger charge is -2.23. The Kier molecular flexibility index (Phi) is 2.73. The summed E-state index contributed by atoms with van der Waals surface area (Å²) in [5, 5.41) is 3.58. The largest absolute Gasteiger partial charge is 0.372 e. The van der Waals surface area contributed by atoms with E-state index in [0.717, 1.165) is 6.04 Å². The maximum absolute atomic E-state index is 6.27. The highest BCUT2D eigenvalue weighted by molar-refractivity contribution is 4.93. The highest BCUT2D eigenvalue weighted by Gasteiger charge is 2.41. The van der Waals surface area contributed by atoms with Crippen LogP contribution in [0.15, 0.2) is 0 Å². The minimum atomic E-state index is 0.338. The van der Waals surface area contributed by atoms with Gasteiger partial charge in [0.25, 0.3) is 0 Å². The molecule has 0 aromatic rings. The molecule has 0 radical (unpaired) electrons. The summed E-state index contributed by atoms with van der Waals surface area (Å²) in [4.78, 5) is 0. The van der Waals surface area contributed by atoms with Crippen LogP contribution in [-0.4, -0.2) is 24.3 Å². The summed E-state index contributed by atoms with van der Waals surface area (Å²) >= 11 is 0. The zero-order chi connectivity index (χ0) is 10.1. The van der Waals surface area contributed by atoms with Crippen molar-refractivity contribution in [2.45, 2.75) is 75.5 Å². The van der Waals surface area contributed by atoms with E-state index < -0.39 is 0 Å². The Labute approximate surface area is 92.8 Å². The van der Waals surface area contributed by atoms with E-state index >= 15 is 0 Å². The fourth-order valence-electron chi connectivity index (χ4n) is 3.22. The standard InChI is InChI=1S/C13H23NO/c1-2-8-13(7-1)9-5-12(15-13)6-10-14-11-3-4-11/h11-12,14H,1-10H2. The second kappa shape index (κ2) is 4.06. The van der Waals surface area contributed by atoms with Crippen LogP contribution in [0.1, 0.15) is 57.8 Å². The van der Waals surface area contributed by atoms with Crippen molar-refractivity contribution in [1.82, 2.24) is 5.32 Å². The minimum absolute atomic E-state index is 0.338. The first-order valence-corrected chi connectivity index (χ1v) is 6.78. The topological polar surface area (TPSA) is 21.3 Å². The fraction of sp³-hybridized carbons (Fsp3) is 1.00. The molecule has 1 saturated heterocycles.